The van der Waals surface area contributed by atoms with E-state index in [1.54, 1.807) is 0 Å². The van der Waals surface area contributed by atoms with Gasteiger partial charge < -0.3 is 4.74 Å². The van der Waals surface area contributed by atoms with Crippen molar-refractivity contribution in [2.24, 2.45) is 5.41 Å². The van der Waals surface area contributed by atoms with Gasteiger partial charge in [-0.3, -0.25) is 0 Å². The third-order valence-electron chi connectivity index (χ3n) is 4.32. The summed E-state index contributed by atoms with van der Waals surface area (Å²) in [6.07, 6.45) is 7.79. The maximum absolute atomic E-state index is 6.20. The number of ether oxygens (including phenoxy) is 1. The van der Waals surface area contributed by atoms with Crippen LogP contribution >= 0.6 is 11.6 Å². The van der Waals surface area contributed by atoms with Gasteiger partial charge in [-0.2, -0.15) is 0 Å². The van der Waals surface area contributed by atoms with Crippen molar-refractivity contribution in [2.45, 2.75) is 44.6 Å². The highest BCUT2D eigenvalue weighted by molar-refractivity contribution is 6.18. The number of fused-ring (bicyclic) bond motifs is 1. The van der Waals surface area contributed by atoms with Gasteiger partial charge in [-0.05, 0) is 36.3 Å². The fourth-order valence-electron chi connectivity index (χ4n) is 3.37. The van der Waals surface area contributed by atoms with Gasteiger partial charge in [-0.15, -0.1) is 11.6 Å². The smallest absolute Gasteiger partial charge is 0.123 e. The molecule has 1 atom stereocenters. The summed E-state index contributed by atoms with van der Waals surface area (Å²) in [6.45, 7) is 0. The molecule has 0 aromatic heterocycles. The van der Waals surface area contributed by atoms with Crippen LogP contribution in [0.1, 0.15) is 37.7 Å². The Bertz CT molecular complexity index is 371. The lowest BCUT2D eigenvalue weighted by atomic mass is 9.82. The molecular formula is C15H19ClO. The summed E-state index contributed by atoms with van der Waals surface area (Å²) in [6, 6.07) is 8.40. The predicted octanol–water partition coefficient (Wildman–Crippen LogP) is 4.18. The standard InChI is InChI=1S/C15H19ClO/c16-11-15(7-3-4-8-15)10-13-9-12-5-1-2-6-14(12)17-13/h1-2,5-6,13H,3-4,7-11H2. The van der Waals surface area contributed by atoms with Crippen molar-refractivity contribution in [1.29, 1.82) is 0 Å². The SMILES string of the molecule is ClCC1(CC2Cc3ccccc3O2)CCCC1. The van der Waals surface area contributed by atoms with Crippen molar-refractivity contribution in [3.05, 3.63) is 29.8 Å². The molecule has 1 fully saturated rings. The van der Waals surface area contributed by atoms with Crippen LogP contribution in [0.3, 0.4) is 0 Å². The minimum Gasteiger partial charge on any atom is -0.490 e. The first-order valence-corrected chi connectivity index (χ1v) is 7.15. The number of alkyl halides is 1. The summed E-state index contributed by atoms with van der Waals surface area (Å²) in [4.78, 5) is 0. The molecule has 1 aromatic carbocycles. The normalized spacial score (nSPS) is 25.6. The summed E-state index contributed by atoms with van der Waals surface area (Å²) >= 11 is 6.20. The molecule has 17 heavy (non-hydrogen) atoms. The molecule has 0 amide bonds. The maximum Gasteiger partial charge on any atom is 0.123 e. The molecule has 2 heteroatoms. The first-order chi connectivity index (χ1) is 8.31. The van der Waals surface area contributed by atoms with E-state index < -0.39 is 0 Å². The van der Waals surface area contributed by atoms with E-state index in [4.69, 9.17) is 16.3 Å². The number of benzene rings is 1. The average molecular weight is 251 g/mol. The number of hydrogen-bond donors (Lipinski definition) is 0. The molecule has 3 rings (SSSR count). The first-order valence-electron chi connectivity index (χ1n) is 6.62. The fourth-order valence-corrected chi connectivity index (χ4v) is 3.74. The van der Waals surface area contributed by atoms with E-state index in [1.807, 2.05) is 6.07 Å². The Morgan fingerprint density at radius 1 is 1.24 bits per heavy atom. The van der Waals surface area contributed by atoms with Crippen molar-refractivity contribution < 1.29 is 4.74 Å². The first kappa shape index (κ1) is 11.4. The monoisotopic (exact) mass is 250 g/mol. The number of halogens is 1. The van der Waals surface area contributed by atoms with Gasteiger partial charge in [0.1, 0.15) is 11.9 Å². The Morgan fingerprint density at radius 2 is 2.00 bits per heavy atom. The Balaban J connectivity index is 1.69. The Morgan fingerprint density at radius 3 is 2.71 bits per heavy atom. The Labute approximate surface area is 108 Å². The molecule has 1 aliphatic heterocycles. The van der Waals surface area contributed by atoms with Gasteiger partial charge in [0.2, 0.25) is 0 Å². The second kappa shape index (κ2) is 4.53. The maximum atomic E-state index is 6.20. The van der Waals surface area contributed by atoms with Crippen LogP contribution in [0.25, 0.3) is 0 Å². The molecule has 1 aromatic rings. The molecule has 0 saturated heterocycles. The van der Waals surface area contributed by atoms with Crippen LogP contribution in [0.4, 0.5) is 0 Å². The van der Waals surface area contributed by atoms with E-state index in [-0.39, 0.29) is 0 Å². The molecule has 2 aliphatic rings. The molecular weight excluding hydrogens is 232 g/mol. The highest BCUT2D eigenvalue weighted by atomic mass is 35.5. The van der Waals surface area contributed by atoms with Crippen LogP contribution in [0, 0.1) is 5.41 Å². The molecule has 0 bridgehead atoms. The zero-order chi connectivity index (χ0) is 11.7. The molecule has 1 unspecified atom stereocenters. The Kier molecular flexibility index (Phi) is 3.04. The van der Waals surface area contributed by atoms with Crippen molar-refractivity contribution >= 4 is 11.6 Å². The van der Waals surface area contributed by atoms with E-state index in [0.29, 0.717) is 11.5 Å². The molecule has 0 spiro atoms. The summed E-state index contributed by atoms with van der Waals surface area (Å²) < 4.78 is 6.04. The second-order valence-electron chi connectivity index (χ2n) is 5.60. The van der Waals surface area contributed by atoms with E-state index in [0.717, 1.165) is 24.5 Å². The lowest BCUT2D eigenvalue weighted by Gasteiger charge is -2.29. The number of hydrogen-bond acceptors (Lipinski definition) is 1. The van der Waals surface area contributed by atoms with Crippen LogP contribution < -0.4 is 4.74 Å². The van der Waals surface area contributed by atoms with E-state index in [2.05, 4.69) is 18.2 Å². The van der Waals surface area contributed by atoms with Gasteiger partial charge in [-0.25, -0.2) is 0 Å². The van der Waals surface area contributed by atoms with Crippen molar-refractivity contribution in [3.63, 3.8) is 0 Å². The minimum absolute atomic E-state index is 0.351. The van der Waals surface area contributed by atoms with Gasteiger partial charge in [-0.1, -0.05) is 31.0 Å². The Hall–Kier alpha value is -0.690. The average Bonchev–Trinajstić information content (AvgIpc) is 2.95. The van der Waals surface area contributed by atoms with Crippen LogP contribution in [-0.4, -0.2) is 12.0 Å². The van der Waals surface area contributed by atoms with E-state index in [1.165, 1.54) is 31.2 Å². The van der Waals surface area contributed by atoms with E-state index in [9.17, 15) is 0 Å². The van der Waals surface area contributed by atoms with Crippen LogP contribution in [0.5, 0.6) is 5.75 Å². The minimum atomic E-state index is 0.351. The van der Waals surface area contributed by atoms with Gasteiger partial charge in [0.15, 0.2) is 0 Å². The molecule has 1 saturated carbocycles. The molecule has 0 radical (unpaired) electrons. The summed E-state index contributed by atoms with van der Waals surface area (Å²) in [5.41, 5.74) is 1.72. The third kappa shape index (κ3) is 2.18. The van der Waals surface area contributed by atoms with Gasteiger partial charge in [0.25, 0.3) is 0 Å². The molecule has 92 valence electrons. The molecule has 1 heterocycles. The highest BCUT2D eigenvalue weighted by Crippen LogP contribution is 2.45. The highest BCUT2D eigenvalue weighted by Gasteiger charge is 2.37. The number of rotatable bonds is 3. The fraction of sp³-hybridized carbons (Fsp3) is 0.600. The van der Waals surface area contributed by atoms with Crippen molar-refractivity contribution in [3.8, 4) is 5.75 Å². The zero-order valence-corrected chi connectivity index (χ0v) is 10.9. The van der Waals surface area contributed by atoms with Gasteiger partial charge in [0.05, 0.1) is 0 Å². The molecule has 0 N–H and O–H groups in total. The topological polar surface area (TPSA) is 9.23 Å². The van der Waals surface area contributed by atoms with Crippen LogP contribution in [0.15, 0.2) is 24.3 Å². The summed E-state index contributed by atoms with van der Waals surface area (Å²) in [5.74, 6) is 1.88. The van der Waals surface area contributed by atoms with E-state index >= 15 is 0 Å². The third-order valence-corrected chi connectivity index (χ3v) is 4.89. The lowest BCUT2D eigenvalue weighted by molar-refractivity contribution is 0.151. The second-order valence-corrected chi connectivity index (χ2v) is 5.86. The largest absolute Gasteiger partial charge is 0.490 e. The lowest BCUT2D eigenvalue weighted by Crippen LogP contribution is -2.28. The quantitative estimate of drug-likeness (QED) is 0.732. The van der Waals surface area contributed by atoms with Crippen LogP contribution in [-0.2, 0) is 6.42 Å². The summed E-state index contributed by atoms with van der Waals surface area (Å²) in [5, 5.41) is 0. The van der Waals surface area contributed by atoms with Crippen molar-refractivity contribution in [1.82, 2.24) is 0 Å². The van der Waals surface area contributed by atoms with Gasteiger partial charge >= 0.3 is 0 Å². The van der Waals surface area contributed by atoms with Crippen LogP contribution in [0.2, 0.25) is 0 Å². The summed E-state index contributed by atoms with van der Waals surface area (Å²) in [7, 11) is 0. The molecule has 1 aliphatic carbocycles. The predicted molar refractivity (Wildman–Crippen MR) is 70.8 cm³/mol. The van der Waals surface area contributed by atoms with Crippen molar-refractivity contribution in [2.75, 3.05) is 5.88 Å². The number of para-hydroxylation sites is 1. The zero-order valence-electron chi connectivity index (χ0n) is 10.1. The molecule has 1 nitrogen and oxygen atoms in total. The van der Waals surface area contributed by atoms with Gasteiger partial charge in [0, 0.05) is 12.3 Å².